The van der Waals surface area contributed by atoms with Gasteiger partial charge in [-0.1, -0.05) is 60.3 Å². The Morgan fingerprint density at radius 1 is 0.571 bits per heavy atom. The van der Waals surface area contributed by atoms with Gasteiger partial charge in [0.15, 0.2) is 0 Å². The molecule has 3 aliphatic rings. The van der Waals surface area contributed by atoms with Crippen LogP contribution in [0.4, 0.5) is 0 Å². The number of nitriles is 2. The van der Waals surface area contributed by atoms with Crippen molar-refractivity contribution in [3.8, 4) is 23.5 Å². The minimum absolute atomic E-state index is 0.307. The summed E-state index contributed by atoms with van der Waals surface area (Å²) in [4.78, 5) is 4.21. The Kier molecular flexibility index (Phi) is 6.78. The van der Waals surface area contributed by atoms with Gasteiger partial charge in [0, 0.05) is 58.7 Å². The SMILES string of the molecule is N#Cc1ccc2c(c1)c1cc(C#N)ccc1n2-c1ccc2c(c1)C1CC(C3=Cc4c(sc5ccc(-n6c7ccccc7c7ccccc76)cc45)CC3)=CC=C1S2. The maximum absolute atomic E-state index is 9.69. The number of nitrogens with zero attached hydrogens (tertiary/aromatic N) is 4. The monoisotopic (exact) mass is 750 g/mol. The van der Waals surface area contributed by atoms with Crippen molar-refractivity contribution in [1.82, 2.24) is 9.13 Å². The fraction of sp³-hybridized carbons (Fsp3) is 0.0800. The van der Waals surface area contributed by atoms with Crippen LogP contribution in [0, 0.1) is 22.7 Å². The van der Waals surface area contributed by atoms with E-state index in [1.807, 2.05) is 59.5 Å². The molecule has 262 valence electrons. The van der Waals surface area contributed by atoms with E-state index in [0.717, 1.165) is 46.8 Å². The zero-order valence-electron chi connectivity index (χ0n) is 30.1. The molecule has 0 fully saturated rings. The van der Waals surface area contributed by atoms with Gasteiger partial charge in [0.25, 0.3) is 0 Å². The minimum Gasteiger partial charge on any atom is -0.309 e. The summed E-state index contributed by atoms with van der Waals surface area (Å²) in [7, 11) is 0. The molecule has 6 heteroatoms. The zero-order chi connectivity index (χ0) is 37.1. The van der Waals surface area contributed by atoms with Gasteiger partial charge in [-0.15, -0.1) is 11.3 Å². The van der Waals surface area contributed by atoms with Gasteiger partial charge in [-0.2, -0.15) is 10.5 Å². The molecule has 0 bridgehead atoms. The summed E-state index contributed by atoms with van der Waals surface area (Å²) in [5, 5.41) is 25.3. The second kappa shape index (κ2) is 12.0. The molecule has 0 spiro atoms. The summed E-state index contributed by atoms with van der Waals surface area (Å²) in [6.07, 6.45) is 10.3. The second-order valence-electron chi connectivity index (χ2n) is 15.0. The van der Waals surface area contributed by atoms with E-state index in [0.29, 0.717) is 17.0 Å². The van der Waals surface area contributed by atoms with Crippen LogP contribution in [0.1, 0.15) is 45.9 Å². The standard InChI is InChI=1S/C50H30N4S2/c51-27-29-9-15-45-37(21-29)38-22-30(28-52)10-16-46(38)54(45)34-14-20-50-42(26-34)40-24-32(12-18-48(40)56-50)31-11-17-47-39(23-31)41-25-33(13-19-49(41)55-47)53-43-7-3-1-5-35(43)36-6-2-4-8-44(36)53/h1-10,12-16,18-23,25-26,40H,11,17,24H2. The number of aryl methyl sites for hydroxylation is 1. The molecule has 1 atom stereocenters. The van der Waals surface area contributed by atoms with E-state index in [1.54, 1.807) is 0 Å². The Bertz CT molecular complexity index is 3280. The number of hydrogen-bond donors (Lipinski definition) is 0. The molecule has 0 saturated heterocycles. The number of hydrogen-bond acceptors (Lipinski definition) is 4. The molecule has 1 aliphatic heterocycles. The molecule has 4 nitrogen and oxygen atoms in total. The number of fused-ring (bicyclic) bond motifs is 12. The summed E-state index contributed by atoms with van der Waals surface area (Å²) in [5.74, 6) is 0.307. The topological polar surface area (TPSA) is 57.4 Å². The number of rotatable bonds is 3. The average molecular weight is 751 g/mol. The third kappa shape index (κ3) is 4.58. The quantitative estimate of drug-likeness (QED) is 0.181. The highest BCUT2D eigenvalue weighted by Gasteiger charge is 2.33. The Morgan fingerprint density at radius 2 is 1.21 bits per heavy atom. The Morgan fingerprint density at radius 3 is 1.91 bits per heavy atom. The van der Waals surface area contributed by atoms with E-state index in [1.165, 1.54) is 74.5 Å². The van der Waals surface area contributed by atoms with Crippen LogP contribution in [-0.2, 0) is 6.42 Å². The minimum atomic E-state index is 0.307. The third-order valence-corrected chi connectivity index (χ3v) is 14.6. The average Bonchev–Trinajstić information content (AvgIpc) is 3.99. The third-order valence-electron chi connectivity index (χ3n) is 12.1. The van der Waals surface area contributed by atoms with Gasteiger partial charge in [-0.05, 0) is 137 Å². The molecule has 0 radical (unpaired) electrons. The van der Waals surface area contributed by atoms with Crippen LogP contribution in [-0.4, -0.2) is 9.13 Å². The molecule has 0 N–H and O–H groups in total. The fourth-order valence-corrected chi connectivity index (χ4v) is 11.8. The van der Waals surface area contributed by atoms with Gasteiger partial charge in [0.05, 0.1) is 45.3 Å². The maximum Gasteiger partial charge on any atom is 0.0991 e. The van der Waals surface area contributed by atoms with Crippen LogP contribution in [0.15, 0.2) is 154 Å². The lowest BCUT2D eigenvalue weighted by molar-refractivity contribution is 0.788. The molecule has 6 aromatic carbocycles. The first kappa shape index (κ1) is 31.7. The lowest BCUT2D eigenvalue weighted by Crippen LogP contribution is -2.07. The summed E-state index contributed by atoms with van der Waals surface area (Å²) < 4.78 is 6.07. The Labute approximate surface area is 331 Å². The van der Waals surface area contributed by atoms with E-state index in [2.05, 4.69) is 124 Å². The number of allylic oxidation sites excluding steroid dienone is 5. The highest BCUT2D eigenvalue weighted by atomic mass is 32.2. The molecule has 12 rings (SSSR count). The number of benzene rings is 6. The van der Waals surface area contributed by atoms with E-state index in [4.69, 9.17) is 0 Å². The predicted molar refractivity (Wildman–Crippen MR) is 232 cm³/mol. The van der Waals surface area contributed by atoms with Gasteiger partial charge in [-0.3, -0.25) is 0 Å². The van der Waals surface area contributed by atoms with Crippen molar-refractivity contribution in [2.24, 2.45) is 0 Å². The second-order valence-corrected chi connectivity index (χ2v) is 17.3. The van der Waals surface area contributed by atoms with Crippen LogP contribution < -0.4 is 0 Å². The van der Waals surface area contributed by atoms with Crippen LogP contribution in [0.25, 0.3) is 71.1 Å². The first-order chi connectivity index (χ1) is 27.6. The van der Waals surface area contributed by atoms with Crippen molar-refractivity contribution in [1.29, 1.82) is 10.5 Å². The van der Waals surface area contributed by atoms with Crippen molar-refractivity contribution in [2.75, 3.05) is 0 Å². The predicted octanol–water partition coefficient (Wildman–Crippen LogP) is 13.3. The van der Waals surface area contributed by atoms with Gasteiger partial charge >= 0.3 is 0 Å². The molecule has 4 heterocycles. The summed E-state index contributed by atoms with van der Waals surface area (Å²) >= 11 is 3.85. The lowest BCUT2D eigenvalue weighted by Gasteiger charge is -2.23. The first-order valence-corrected chi connectivity index (χ1v) is 20.6. The van der Waals surface area contributed by atoms with E-state index < -0.39 is 0 Å². The van der Waals surface area contributed by atoms with Crippen LogP contribution in [0.2, 0.25) is 0 Å². The molecule has 3 aromatic heterocycles. The summed E-state index contributed by atoms with van der Waals surface area (Å²) in [6.45, 7) is 0. The van der Waals surface area contributed by atoms with Crippen molar-refractivity contribution in [3.05, 3.63) is 177 Å². The summed E-state index contributed by atoms with van der Waals surface area (Å²) in [6, 6.07) is 47.7. The first-order valence-electron chi connectivity index (χ1n) is 19.0. The van der Waals surface area contributed by atoms with Gasteiger partial charge in [0.2, 0.25) is 0 Å². The number of aromatic nitrogens is 2. The van der Waals surface area contributed by atoms with Gasteiger partial charge < -0.3 is 9.13 Å². The highest BCUT2D eigenvalue weighted by Crippen LogP contribution is 2.55. The van der Waals surface area contributed by atoms with Crippen molar-refractivity contribution < 1.29 is 0 Å². The normalized spacial score (nSPS) is 16.0. The largest absolute Gasteiger partial charge is 0.309 e. The molecule has 1 unspecified atom stereocenters. The van der Waals surface area contributed by atoms with Gasteiger partial charge in [-0.25, -0.2) is 0 Å². The number of thioether (sulfide) groups is 1. The van der Waals surface area contributed by atoms with Crippen molar-refractivity contribution in [2.45, 2.75) is 30.1 Å². The lowest BCUT2D eigenvalue weighted by atomic mass is 9.82. The Hall–Kier alpha value is -6.57. The Balaban J connectivity index is 0.920. The molecule has 2 aliphatic carbocycles. The molecule has 9 aromatic rings. The smallest absolute Gasteiger partial charge is 0.0991 e. The maximum atomic E-state index is 9.69. The molecule has 0 amide bonds. The molecular weight excluding hydrogens is 721 g/mol. The zero-order valence-corrected chi connectivity index (χ0v) is 31.7. The van der Waals surface area contributed by atoms with E-state index in [9.17, 15) is 10.5 Å². The molecule has 56 heavy (non-hydrogen) atoms. The molecule has 0 saturated carbocycles. The number of para-hydroxylation sites is 2. The fourth-order valence-electron chi connectivity index (χ4n) is 9.49. The van der Waals surface area contributed by atoms with E-state index >= 15 is 0 Å². The van der Waals surface area contributed by atoms with Crippen molar-refractivity contribution >= 4 is 82.9 Å². The van der Waals surface area contributed by atoms with E-state index in [-0.39, 0.29) is 0 Å². The molecular formula is C50H30N4S2. The van der Waals surface area contributed by atoms with Crippen LogP contribution in [0.5, 0.6) is 0 Å². The van der Waals surface area contributed by atoms with Crippen LogP contribution in [0.3, 0.4) is 0 Å². The van der Waals surface area contributed by atoms with Crippen molar-refractivity contribution in [3.63, 3.8) is 0 Å². The van der Waals surface area contributed by atoms with Crippen LogP contribution >= 0.6 is 23.1 Å². The summed E-state index contributed by atoms with van der Waals surface area (Å²) in [5.41, 5.74) is 13.7. The van der Waals surface area contributed by atoms with Gasteiger partial charge in [0.1, 0.15) is 0 Å². The number of thiophene rings is 1. The highest BCUT2D eigenvalue weighted by molar-refractivity contribution is 8.03.